The van der Waals surface area contributed by atoms with Crippen molar-refractivity contribution < 1.29 is 19.0 Å². The predicted octanol–water partition coefficient (Wildman–Crippen LogP) is 2.27. The second-order valence-electron chi connectivity index (χ2n) is 4.59. The Labute approximate surface area is 119 Å². The average molecular weight is 285 g/mol. The number of aliphatic hydroxyl groups excluding tert-OH is 1. The Balaban J connectivity index is 2.54. The van der Waals surface area contributed by atoms with Crippen LogP contribution in [0.15, 0.2) is 18.2 Å². The van der Waals surface area contributed by atoms with Crippen LogP contribution in [0.25, 0.3) is 0 Å². The number of aliphatic hydroxyl groups is 1. The highest BCUT2D eigenvalue weighted by molar-refractivity contribution is 5.30. The highest BCUT2D eigenvalue weighted by Gasteiger charge is 2.11. The first-order valence-electron chi connectivity index (χ1n) is 6.99. The molecule has 2 unspecified atom stereocenters. The maximum atomic E-state index is 13.9. The smallest absolute Gasteiger partial charge is 0.131 e. The zero-order valence-corrected chi connectivity index (χ0v) is 12.4. The van der Waals surface area contributed by atoms with Gasteiger partial charge in [-0.25, -0.2) is 4.39 Å². The molecule has 0 saturated heterocycles. The van der Waals surface area contributed by atoms with Gasteiger partial charge < -0.3 is 19.9 Å². The molecule has 20 heavy (non-hydrogen) atoms. The molecule has 114 valence electrons. The lowest BCUT2D eigenvalue weighted by molar-refractivity contribution is 0.0164. The summed E-state index contributed by atoms with van der Waals surface area (Å²) in [7, 11) is 0. The van der Waals surface area contributed by atoms with Crippen molar-refractivity contribution >= 4 is 0 Å². The van der Waals surface area contributed by atoms with Gasteiger partial charge >= 0.3 is 0 Å². The van der Waals surface area contributed by atoms with Crippen LogP contribution in [0.3, 0.4) is 0 Å². The first-order chi connectivity index (χ1) is 9.58. The second-order valence-corrected chi connectivity index (χ2v) is 4.59. The molecule has 4 nitrogen and oxygen atoms in total. The van der Waals surface area contributed by atoms with Gasteiger partial charge in [-0.15, -0.1) is 0 Å². The molecular weight excluding hydrogens is 261 g/mol. The Hall–Kier alpha value is -1.17. The van der Waals surface area contributed by atoms with E-state index in [2.05, 4.69) is 5.32 Å². The molecule has 0 aliphatic carbocycles. The quantitative estimate of drug-likeness (QED) is 0.731. The van der Waals surface area contributed by atoms with Crippen LogP contribution in [0.2, 0.25) is 0 Å². The van der Waals surface area contributed by atoms with Gasteiger partial charge in [0.05, 0.1) is 6.61 Å². The number of ether oxygens (including phenoxy) is 2. The van der Waals surface area contributed by atoms with E-state index in [0.29, 0.717) is 17.9 Å². The van der Waals surface area contributed by atoms with E-state index in [4.69, 9.17) is 9.47 Å². The van der Waals surface area contributed by atoms with E-state index < -0.39 is 6.10 Å². The number of halogens is 1. The van der Waals surface area contributed by atoms with E-state index in [1.807, 2.05) is 20.8 Å². The molecule has 0 aromatic heterocycles. The van der Waals surface area contributed by atoms with Gasteiger partial charge in [-0.05, 0) is 26.5 Å². The van der Waals surface area contributed by atoms with Crippen LogP contribution >= 0.6 is 0 Å². The molecule has 0 bridgehead atoms. The number of benzene rings is 1. The Bertz CT molecular complexity index is 401. The summed E-state index contributed by atoms with van der Waals surface area (Å²) >= 11 is 0. The third-order valence-electron chi connectivity index (χ3n) is 2.91. The predicted molar refractivity (Wildman–Crippen MR) is 76.5 cm³/mol. The van der Waals surface area contributed by atoms with Gasteiger partial charge in [0.2, 0.25) is 0 Å². The van der Waals surface area contributed by atoms with E-state index >= 15 is 0 Å². The molecule has 0 amide bonds. The minimum Gasteiger partial charge on any atom is -0.491 e. The van der Waals surface area contributed by atoms with Crippen LogP contribution in [0.4, 0.5) is 4.39 Å². The first kappa shape index (κ1) is 16.9. The number of hydrogen-bond acceptors (Lipinski definition) is 4. The zero-order valence-electron chi connectivity index (χ0n) is 12.4. The summed E-state index contributed by atoms with van der Waals surface area (Å²) in [6.45, 7) is 7.37. The summed E-state index contributed by atoms with van der Waals surface area (Å²) in [6, 6.07) is 4.71. The minimum absolute atomic E-state index is 0.0439. The van der Waals surface area contributed by atoms with Gasteiger partial charge in [0, 0.05) is 24.3 Å². The summed E-state index contributed by atoms with van der Waals surface area (Å²) < 4.78 is 24.4. The molecule has 5 heteroatoms. The Kier molecular flexibility index (Phi) is 7.51. The SMILES string of the molecule is CCNC(C)c1ccc(OCC(O)COCC)cc1F. The molecule has 0 radical (unpaired) electrons. The topological polar surface area (TPSA) is 50.7 Å². The standard InChI is InChI=1S/C15H24FNO3/c1-4-17-11(3)14-7-6-13(8-15(14)16)20-10-12(18)9-19-5-2/h6-8,11-12,17-18H,4-5,9-10H2,1-3H3. The fourth-order valence-electron chi connectivity index (χ4n) is 1.86. The molecule has 0 heterocycles. The lowest BCUT2D eigenvalue weighted by Crippen LogP contribution is -2.23. The van der Waals surface area contributed by atoms with Crippen molar-refractivity contribution in [3.8, 4) is 5.75 Å². The zero-order chi connectivity index (χ0) is 15.0. The highest BCUT2D eigenvalue weighted by Crippen LogP contribution is 2.22. The molecule has 0 saturated carbocycles. The third kappa shape index (κ3) is 5.45. The molecule has 0 aliphatic heterocycles. The summed E-state index contributed by atoms with van der Waals surface area (Å²) in [5, 5.41) is 12.7. The molecule has 2 atom stereocenters. The number of hydrogen-bond donors (Lipinski definition) is 2. The van der Waals surface area contributed by atoms with Gasteiger partial charge in [-0.2, -0.15) is 0 Å². The average Bonchev–Trinajstić information content (AvgIpc) is 2.43. The van der Waals surface area contributed by atoms with Crippen LogP contribution < -0.4 is 10.1 Å². The molecule has 0 aliphatic rings. The van der Waals surface area contributed by atoms with Crippen molar-refractivity contribution in [1.29, 1.82) is 0 Å². The number of rotatable bonds is 9. The molecule has 1 aromatic carbocycles. The third-order valence-corrected chi connectivity index (χ3v) is 2.91. The monoisotopic (exact) mass is 285 g/mol. The maximum absolute atomic E-state index is 13.9. The van der Waals surface area contributed by atoms with Crippen molar-refractivity contribution in [3.05, 3.63) is 29.6 Å². The molecular formula is C15H24FNO3. The molecule has 0 spiro atoms. The fourth-order valence-corrected chi connectivity index (χ4v) is 1.86. The van der Waals surface area contributed by atoms with Crippen LogP contribution in [0.1, 0.15) is 32.4 Å². The largest absolute Gasteiger partial charge is 0.491 e. The molecule has 0 fully saturated rings. The Morgan fingerprint density at radius 3 is 2.65 bits per heavy atom. The summed E-state index contributed by atoms with van der Waals surface area (Å²) in [4.78, 5) is 0. The van der Waals surface area contributed by atoms with Crippen molar-refractivity contribution in [2.45, 2.75) is 32.9 Å². The minimum atomic E-state index is -0.710. The normalized spacial score (nSPS) is 14.1. The lowest BCUT2D eigenvalue weighted by Gasteiger charge is -2.16. The van der Waals surface area contributed by atoms with Gasteiger partial charge in [-0.1, -0.05) is 13.0 Å². The van der Waals surface area contributed by atoms with Crippen LogP contribution in [-0.4, -0.2) is 37.6 Å². The maximum Gasteiger partial charge on any atom is 0.131 e. The van der Waals surface area contributed by atoms with Crippen molar-refractivity contribution in [1.82, 2.24) is 5.32 Å². The lowest BCUT2D eigenvalue weighted by atomic mass is 10.1. The van der Waals surface area contributed by atoms with Gasteiger partial charge in [0.15, 0.2) is 0 Å². The van der Waals surface area contributed by atoms with E-state index in [1.165, 1.54) is 6.07 Å². The van der Waals surface area contributed by atoms with E-state index in [0.717, 1.165) is 6.54 Å². The molecule has 1 aromatic rings. The second kappa shape index (κ2) is 8.89. The van der Waals surface area contributed by atoms with E-state index in [-0.39, 0.29) is 25.1 Å². The van der Waals surface area contributed by atoms with Gasteiger partial charge in [0.25, 0.3) is 0 Å². The van der Waals surface area contributed by atoms with Crippen LogP contribution in [-0.2, 0) is 4.74 Å². The summed E-state index contributed by atoms with van der Waals surface area (Å²) in [6.07, 6.45) is -0.710. The van der Waals surface area contributed by atoms with E-state index in [9.17, 15) is 9.50 Å². The van der Waals surface area contributed by atoms with Crippen molar-refractivity contribution in [3.63, 3.8) is 0 Å². The summed E-state index contributed by atoms with van der Waals surface area (Å²) in [5.74, 6) is 0.0979. The van der Waals surface area contributed by atoms with Crippen LogP contribution in [0.5, 0.6) is 5.75 Å². The van der Waals surface area contributed by atoms with Crippen molar-refractivity contribution in [2.24, 2.45) is 0 Å². The Morgan fingerprint density at radius 1 is 1.30 bits per heavy atom. The van der Waals surface area contributed by atoms with Crippen molar-refractivity contribution in [2.75, 3.05) is 26.4 Å². The molecule has 1 rings (SSSR count). The molecule has 2 N–H and O–H groups in total. The fraction of sp³-hybridized carbons (Fsp3) is 0.600. The summed E-state index contributed by atoms with van der Waals surface area (Å²) in [5.41, 5.74) is 0.606. The van der Waals surface area contributed by atoms with Gasteiger partial charge in [0.1, 0.15) is 24.3 Å². The first-order valence-corrected chi connectivity index (χ1v) is 6.99. The van der Waals surface area contributed by atoms with Gasteiger partial charge in [-0.3, -0.25) is 0 Å². The van der Waals surface area contributed by atoms with E-state index in [1.54, 1.807) is 12.1 Å². The Morgan fingerprint density at radius 2 is 2.05 bits per heavy atom. The number of nitrogens with one attached hydrogen (secondary N) is 1. The highest BCUT2D eigenvalue weighted by atomic mass is 19.1. The van der Waals surface area contributed by atoms with Crippen LogP contribution in [0, 0.1) is 5.82 Å².